The monoisotopic (exact) mass is 247 g/mol. The Bertz CT molecular complexity index is 390. The van der Waals surface area contributed by atoms with Crippen LogP contribution in [0.5, 0.6) is 0 Å². The third kappa shape index (κ3) is 2.20. The van der Waals surface area contributed by atoms with Crippen molar-refractivity contribution in [3.8, 4) is 0 Å². The second-order valence-electron chi connectivity index (χ2n) is 6.00. The summed E-state index contributed by atoms with van der Waals surface area (Å²) in [6.45, 7) is 0.805. The molecule has 0 aliphatic heterocycles. The fraction of sp³-hybridized carbons (Fsp3) is 0.800. The molecule has 3 nitrogen and oxygen atoms in total. The minimum absolute atomic E-state index is 0.675. The average molecular weight is 247 g/mol. The fourth-order valence-electron chi connectivity index (χ4n) is 3.90. The summed E-state index contributed by atoms with van der Waals surface area (Å²) in [4.78, 5) is 0. The van der Waals surface area contributed by atoms with Crippen LogP contribution in [-0.4, -0.2) is 16.7 Å². The lowest BCUT2D eigenvalue weighted by molar-refractivity contribution is 0.428. The van der Waals surface area contributed by atoms with E-state index < -0.39 is 0 Å². The molecule has 0 saturated heterocycles. The second-order valence-corrected chi connectivity index (χ2v) is 6.00. The molecule has 3 heteroatoms. The molecule has 1 heterocycles. The Balaban J connectivity index is 1.88. The summed E-state index contributed by atoms with van der Waals surface area (Å²) in [5, 5.41) is 8.01. The van der Waals surface area contributed by atoms with Crippen LogP contribution in [0.25, 0.3) is 0 Å². The van der Waals surface area contributed by atoms with Crippen LogP contribution in [0.4, 0.5) is 0 Å². The van der Waals surface area contributed by atoms with E-state index in [1.165, 1.54) is 62.8 Å². The first-order valence-corrected chi connectivity index (χ1v) is 7.67. The quantitative estimate of drug-likeness (QED) is 0.861. The van der Waals surface area contributed by atoms with Gasteiger partial charge in [0.1, 0.15) is 0 Å². The van der Waals surface area contributed by atoms with Crippen molar-refractivity contribution in [2.45, 2.75) is 69.6 Å². The summed E-state index contributed by atoms with van der Waals surface area (Å²) in [5.41, 5.74) is 10.2. The molecule has 1 aromatic heterocycles. The van der Waals surface area contributed by atoms with E-state index in [4.69, 9.17) is 5.73 Å². The van der Waals surface area contributed by atoms with Crippen LogP contribution in [0.15, 0.2) is 0 Å². The lowest BCUT2D eigenvalue weighted by atomic mass is 9.78. The third-order valence-corrected chi connectivity index (χ3v) is 4.81. The summed E-state index contributed by atoms with van der Waals surface area (Å²) in [7, 11) is 0. The van der Waals surface area contributed by atoms with Crippen molar-refractivity contribution in [3.05, 3.63) is 17.0 Å². The number of nitrogens with one attached hydrogen (secondary N) is 1. The summed E-state index contributed by atoms with van der Waals surface area (Å²) >= 11 is 0. The maximum absolute atomic E-state index is 5.78. The summed E-state index contributed by atoms with van der Waals surface area (Å²) < 4.78 is 0. The van der Waals surface area contributed by atoms with Crippen molar-refractivity contribution in [1.29, 1.82) is 0 Å². The van der Waals surface area contributed by atoms with Crippen LogP contribution in [0.2, 0.25) is 0 Å². The van der Waals surface area contributed by atoms with Crippen molar-refractivity contribution in [1.82, 2.24) is 10.2 Å². The van der Waals surface area contributed by atoms with Crippen molar-refractivity contribution in [3.63, 3.8) is 0 Å². The van der Waals surface area contributed by atoms with Crippen LogP contribution in [-0.2, 0) is 6.42 Å². The van der Waals surface area contributed by atoms with E-state index in [9.17, 15) is 0 Å². The van der Waals surface area contributed by atoms with E-state index in [2.05, 4.69) is 10.2 Å². The van der Waals surface area contributed by atoms with Crippen molar-refractivity contribution in [2.75, 3.05) is 6.54 Å². The topological polar surface area (TPSA) is 54.7 Å². The molecule has 100 valence electrons. The van der Waals surface area contributed by atoms with Gasteiger partial charge in [0.05, 0.1) is 5.69 Å². The lowest BCUT2D eigenvalue weighted by Crippen LogP contribution is -2.16. The first-order chi connectivity index (χ1) is 8.90. The Morgan fingerprint density at radius 1 is 1.11 bits per heavy atom. The van der Waals surface area contributed by atoms with E-state index in [0.717, 1.165) is 18.9 Å². The first kappa shape index (κ1) is 12.2. The molecule has 1 aromatic rings. The van der Waals surface area contributed by atoms with E-state index in [1.807, 2.05) is 0 Å². The Morgan fingerprint density at radius 2 is 1.94 bits per heavy atom. The SMILES string of the molecule is NCCC1CCCc2[nH]nc(C3CCCCC3)c21. The highest BCUT2D eigenvalue weighted by Gasteiger charge is 2.29. The van der Waals surface area contributed by atoms with Crippen LogP contribution in [0.1, 0.15) is 80.2 Å². The van der Waals surface area contributed by atoms with Gasteiger partial charge in [-0.3, -0.25) is 5.10 Å². The summed E-state index contributed by atoms with van der Waals surface area (Å²) in [5.74, 6) is 1.39. The van der Waals surface area contributed by atoms with E-state index in [0.29, 0.717) is 5.92 Å². The van der Waals surface area contributed by atoms with Crippen LogP contribution >= 0.6 is 0 Å². The Labute approximate surface area is 110 Å². The smallest absolute Gasteiger partial charge is 0.0690 e. The number of rotatable bonds is 3. The van der Waals surface area contributed by atoms with Gasteiger partial charge in [-0.05, 0) is 56.6 Å². The number of hydrogen-bond donors (Lipinski definition) is 2. The molecule has 0 radical (unpaired) electrons. The van der Waals surface area contributed by atoms with Gasteiger partial charge in [0.15, 0.2) is 0 Å². The predicted molar refractivity (Wildman–Crippen MR) is 73.8 cm³/mol. The zero-order valence-corrected chi connectivity index (χ0v) is 11.3. The molecular formula is C15H25N3. The molecule has 3 N–H and O–H groups in total. The molecular weight excluding hydrogens is 222 g/mol. The molecule has 18 heavy (non-hydrogen) atoms. The van der Waals surface area contributed by atoms with Gasteiger partial charge in [-0.25, -0.2) is 0 Å². The Kier molecular flexibility index (Phi) is 3.69. The van der Waals surface area contributed by atoms with Gasteiger partial charge in [0, 0.05) is 11.6 Å². The van der Waals surface area contributed by atoms with Gasteiger partial charge in [0.2, 0.25) is 0 Å². The van der Waals surface area contributed by atoms with Crippen molar-refractivity contribution < 1.29 is 0 Å². The zero-order chi connectivity index (χ0) is 12.4. The molecule has 2 aliphatic carbocycles. The van der Waals surface area contributed by atoms with Gasteiger partial charge in [0.25, 0.3) is 0 Å². The number of nitrogens with zero attached hydrogens (tertiary/aromatic N) is 1. The maximum Gasteiger partial charge on any atom is 0.0690 e. The fourth-order valence-corrected chi connectivity index (χ4v) is 3.90. The van der Waals surface area contributed by atoms with Gasteiger partial charge < -0.3 is 5.73 Å². The van der Waals surface area contributed by atoms with Crippen LogP contribution in [0, 0.1) is 0 Å². The standard InChI is InChI=1S/C15H25N3/c16-10-9-11-7-4-8-13-14(11)15(18-17-13)12-5-2-1-3-6-12/h11-12H,1-10,16H2,(H,17,18). The number of H-pyrrole nitrogens is 1. The zero-order valence-electron chi connectivity index (χ0n) is 11.3. The van der Waals surface area contributed by atoms with Crippen LogP contribution < -0.4 is 5.73 Å². The van der Waals surface area contributed by atoms with Gasteiger partial charge >= 0.3 is 0 Å². The number of hydrogen-bond acceptors (Lipinski definition) is 2. The van der Waals surface area contributed by atoms with Crippen LogP contribution in [0.3, 0.4) is 0 Å². The van der Waals surface area contributed by atoms with E-state index in [1.54, 1.807) is 5.56 Å². The highest BCUT2D eigenvalue weighted by Crippen LogP contribution is 2.41. The molecule has 0 spiro atoms. The highest BCUT2D eigenvalue weighted by molar-refractivity contribution is 5.34. The van der Waals surface area contributed by atoms with Gasteiger partial charge in [-0.1, -0.05) is 19.3 Å². The molecule has 1 atom stereocenters. The number of aromatic amines is 1. The molecule has 1 fully saturated rings. The second kappa shape index (κ2) is 5.43. The van der Waals surface area contributed by atoms with Gasteiger partial charge in [-0.15, -0.1) is 0 Å². The molecule has 0 bridgehead atoms. The van der Waals surface area contributed by atoms with E-state index in [-0.39, 0.29) is 0 Å². The summed E-state index contributed by atoms with van der Waals surface area (Å²) in [6, 6.07) is 0. The minimum atomic E-state index is 0.675. The third-order valence-electron chi connectivity index (χ3n) is 4.81. The molecule has 1 unspecified atom stereocenters. The average Bonchev–Trinajstić information content (AvgIpc) is 2.85. The largest absolute Gasteiger partial charge is 0.330 e. The molecule has 0 aromatic carbocycles. The molecule has 3 rings (SSSR count). The van der Waals surface area contributed by atoms with Crippen molar-refractivity contribution >= 4 is 0 Å². The number of fused-ring (bicyclic) bond motifs is 1. The van der Waals surface area contributed by atoms with E-state index >= 15 is 0 Å². The molecule has 0 amide bonds. The first-order valence-electron chi connectivity index (χ1n) is 7.67. The Morgan fingerprint density at radius 3 is 2.72 bits per heavy atom. The maximum atomic E-state index is 5.78. The lowest BCUT2D eigenvalue weighted by Gasteiger charge is -2.26. The minimum Gasteiger partial charge on any atom is -0.330 e. The highest BCUT2D eigenvalue weighted by atomic mass is 15.1. The number of nitrogens with two attached hydrogens (primary N) is 1. The molecule has 1 saturated carbocycles. The van der Waals surface area contributed by atoms with Gasteiger partial charge in [-0.2, -0.15) is 5.10 Å². The predicted octanol–water partition coefficient (Wildman–Crippen LogP) is 3.23. The summed E-state index contributed by atoms with van der Waals surface area (Å²) in [6.07, 6.45) is 11.8. The Hall–Kier alpha value is -0.830. The normalized spacial score (nSPS) is 25.1. The number of aryl methyl sites for hydroxylation is 1. The van der Waals surface area contributed by atoms with Crippen molar-refractivity contribution in [2.24, 2.45) is 5.73 Å². The number of aromatic nitrogens is 2. The molecule has 2 aliphatic rings.